The summed E-state index contributed by atoms with van der Waals surface area (Å²) in [6.07, 6.45) is 1.53. The Morgan fingerprint density at radius 2 is 2.06 bits per heavy atom. The standard InChI is InChI=1S/C12H14N4O/c1-9(17)13-6-7-14-12-10-4-2-3-5-11(10)15-8-16-12/h2-5,8H,6-7H2,1H3,(H,13,17)(H,14,15,16). The van der Waals surface area contributed by atoms with Crippen LogP contribution in [-0.4, -0.2) is 29.0 Å². The number of amides is 1. The first-order valence-corrected chi connectivity index (χ1v) is 5.45. The van der Waals surface area contributed by atoms with Crippen molar-refractivity contribution in [3.05, 3.63) is 30.6 Å². The van der Waals surface area contributed by atoms with Gasteiger partial charge in [-0.05, 0) is 12.1 Å². The van der Waals surface area contributed by atoms with E-state index < -0.39 is 0 Å². The van der Waals surface area contributed by atoms with Crippen molar-refractivity contribution in [3.8, 4) is 0 Å². The number of hydrogen-bond acceptors (Lipinski definition) is 4. The maximum atomic E-state index is 10.7. The molecular formula is C12H14N4O. The Morgan fingerprint density at radius 3 is 2.88 bits per heavy atom. The molecule has 1 heterocycles. The van der Waals surface area contributed by atoms with Crippen LogP contribution in [0.15, 0.2) is 30.6 Å². The van der Waals surface area contributed by atoms with Gasteiger partial charge in [0, 0.05) is 25.4 Å². The number of nitrogens with one attached hydrogen (secondary N) is 2. The van der Waals surface area contributed by atoms with Crippen molar-refractivity contribution >= 4 is 22.6 Å². The zero-order valence-corrected chi connectivity index (χ0v) is 9.60. The van der Waals surface area contributed by atoms with Gasteiger partial charge < -0.3 is 10.6 Å². The van der Waals surface area contributed by atoms with Gasteiger partial charge in [-0.1, -0.05) is 12.1 Å². The summed E-state index contributed by atoms with van der Waals surface area (Å²) in [6.45, 7) is 2.72. The maximum Gasteiger partial charge on any atom is 0.216 e. The summed E-state index contributed by atoms with van der Waals surface area (Å²) in [7, 11) is 0. The molecular weight excluding hydrogens is 216 g/mol. The normalized spacial score (nSPS) is 10.2. The van der Waals surface area contributed by atoms with E-state index in [-0.39, 0.29) is 5.91 Å². The second kappa shape index (κ2) is 5.25. The van der Waals surface area contributed by atoms with Gasteiger partial charge in [0.25, 0.3) is 0 Å². The van der Waals surface area contributed by atoms with E-state index in [9.17, 15) is 4.79 Å². The Hall–Kier alpha value is -2.17. The number of nitrogens with zero attached hydrogens (tertiary/aromatic N) is 2. The van der Waals surface area contributed by atoms with Crippen molar-refractivity contribution in [1.82, 2.24) is 15.3 Å². The predicted molar refractivity (Wildman–Crippen MR) is 66.7 cm³/mol. The number of carbonyl (C=O) groups excluding carboxylic acids is 1. The first-order chi connectivity index (χ1) is 8.27. The first kappa shape index (κ1) is 11.3. The van der Waals surface area contributed by atoms with E-state index in [0.29, 0.717) is 13.1 Å². The molecule has 1 amide bonds. The number of carbonyl (C=O) groups is 1. The second-order valence-electron chi connectivity index (χ2n) is 3.65. The highest BCUT2D eigenvalue weighted by molar-refractivity contribution is 5.88. The Balaban J connectivity index is 2.05. The lowest BCUT2D eigenvalue weighted by molar-refractivity contribution is -0.118. The fraction of sp³-hybridized carbons (Fsp3) is 0.250. The minimum atomic E-state index is -0.0284. The Morgan fingerprint density at radius 1 is 1.24 bits per heavy atom. The largest absolute Gasteiger partial charge is 0.368 e. The van der Waals surface area contributed by atoms with Crippen LogP contribution in [0.2, 0.25) is 0 Å². The van der Waals surface area contributed by atoms with E-state index in [1.165, 1.54) is 13.3 Å². The SMILES string of the molecule is CC(=O)NCCNc1ncnc2ccccc12. The van der Waals surface area contributed by atoms with Crippen LogP contribution in [0.1, 0.15) is 6.92 Å². The van der Waals surface area contributed by atoms with E-state index in [0.717, 1.165) is 16.7 Å². The molecule has 0 fully saturated rings. The smallest absolute Gasteiger partial charge is 0.216 e. The van der Waals surface area contributed by atoms with Crippen LogP contribution in [-0.2, 0) is 4.79 Å². The van der Waals surface area contributed by atoms with Crippen molar-refractivity contribution < 1.29 is 4.79 Å². The third-order valence-corrected chi connectivity index (χ3v) is 2.33. The summed E-state index contributed by atoms with van der Waals surface area (Å²) in [5, 5.41) is 6.88. The third-order valence-electron chi connectivity index (χ3n) is 2.33. The molecule has 0 bridgehead atoms. The lowest BCUT2D eigenvalue weighted by Crippen LogP contribution is -2.26. The van der Waals surface area contributed by atoms with Gasteiger partial charge in [0.15, 0.2) is 0 Å². The summed E-state index contributed by atoms with van der Waals surface area (Å²) in [6, 6.07) is 7.80. The van der Waals surface area contributed by atoms with Crippen LogP contribution < -0.4 is 10.6 Å². The fourth-order valence-electron chi connectivity index (χ4n) is 1.57. The molecule has 0 spiro atoms. The van der Waals surface area contributed by atoms with E-state index >= 15 is 0 Å². The van der Waals surface area contributed by atoms with Gasteiger partial charge in [-0.15, -0.1) is 0 Å². The number of rotatable bonds is 4. The molecule has 5 nitrogen and oxygen atoms in total. The van der Waals surface area contributed by atoms with Crippen LogP contribution in [0.5, 0.6) is 0 Å². The third kappa shape index (κ3) is 2.90. The van der Waals surface area contributed by atoms with Crippen molar-refractivity contribution in [2.75, 3.05) is 18.4 Å². The van der Waals surface area contributed by atoms with Crippen LogP contribution in [0.3, 0.4) is 0 Å². The van der Waals surface area contributed by atoms with Gasteiger partial charge in [-0.25, -0.2) is 9.97 Å². The molecule has 0 atom stereocenters. The fourth-order valence-corrected chi connectivity index (χ4v) is 1.57. The summed E-state index contributed by atoms with van der Waals surface area (Å²) in [5.41, 5.74) is 0.907. The zero-order chi connectivity index (χ0) is 12.1. The Kier molecular flexibility index (Phi) is 3.49. The van der Waals surface area contributed by atoms with Crippen LogP contribution in [0.4, 0.5) is 5.82 Å². The molecule has 0 unspecified atom stereocenters. The van der Waals surface area contributed by atoms with E-state index in [1.54, 1.807) is 0 Å². The lowest BCUT2D eigenvalue weighted by atomic mass is 10.2. The summed E-state index contributed by atoms with van der Waals surface area (Å²) < 4.78 is 0. The molecule has 2 rings (SSSR count). The van der Waals surface area contributed by atoms with E-state index in [2.05, 4.69) is 20.6 Å². The minimum Gasteiger partial charge on any atom is -0.368 e. The van der Waals surface area contributed by atoms with Gasteiger partial charge in [0.05, 0.1) is 5.52 Å². The van der Waals surface area contributed by atoms with E-state index in [1.807, 2.05) is 24.3 Å². The van der Waals surface area contributed by atoms with Gasteiger partial charge >= 0.3 is 0 Å². The topological polar surface area (TPSA) is 66.9 Å². The number of benzene rings is 1. The Bertz CT molecular complexity index is 521. The number of aromatic nitrogens is 2. The zero-order valence-electron chi connectivity index (χ0n) is 9.60. The average Bonchev–Trinajstić information content (AvgIpc) is 2.34. The highest BCUT2D eigenvalue weighted by atomic mass is 16.1. The van der Waals surface area contributed by atoms with Crippen LogP contribution in [0.25, 0.3) is 10.9 Å². The van der Waals surface area contributed by atoms with Gasteiger partial charge in [-0.2, -0.15) is 0 Å². The van der Waals surface area contributed by atoms with Crippen molar-refractivity contribution in [2.24, 2.45) is 0 Å². The molecule has 0 aliphatic rings. The first-order valence-electron chi connectivity index (χ1n) is 5.45. The number of fused-ring (bicyclic) bond motifs is 1. The van der Waals surface area contributed by atoms with Gasteiger partial charge in [0.2, 0.25) is 5.91 Å². The quantitative estimate of drug-likeness (QED) is 0.774. The average molecular weight is 230 g/mol. The summed E-state index contributed by atoms with van der Waals surface area (Å²) >= 11 is 0. The molecule has 88 valence electrons. The minimum absolute atomic E-state index is 0.0284. The number of hydrogen-bond donors (Lipinski definition) is 2. The van der Waals surface area contributed by atoms with Crippen molar-refractivity contribution in [3.63, 3.8) is 0 Å². The molecule has 1 aromatic carbocycles. The molecule has 2 N–H and O–H groups in total. The lowest BCUT2D eigenvalue weighted by Gasteiger charge is -2.08. The van der Waals surface area contributed by atoms with Gasteiger partial charge in [-0.3, -0.25) is 4.79 Å². The number of para-hydroxylation sites is 1. The van der Waals surface area contributed by atoms with Crippen LogP contribution >= 0.6 is 0 Å². The summed E-state index contributed by atoms with van der Waals surface area (Å²) in [5.74, 6) is 0.764. The Labute approximate surface area is 99.3 Å². The van der Waals surface area contributed by atoms with Crippen molar-refractivity contribution in [1.29, 1.82) is 0 Å². The van der Waals surface area contributed by atoms with Crippen LogP contribution in [0, 0.1) is 0 Å². The predicted octanol–water partition coefficient (Wildman–Crippen LogP) is 1.18. The molecule has 1 aromatic heterocycles. The molecule has 0 saturated heterocycles. The molecule has 2 aromatic rings. The van der Waals surface area contributed by atoms with E-state index in [4.69, 9.17) is 0 Å². The highest BCUT2D eigenvalue weighted by Crippen LogP contribution is 2.17. The van der Waals surface area contributed by atoms with Gasteiger partial charge in [0.1, 0.15) is 12.1 Å². The maximum absolute atomic E-state index is 10.7. The monoisotopic (exact) mass is 230 g/mol. The molecule has 0 radical (unpaired) electrons. The molecule has 17 heavy (non-hydrogen) atoms. The summed E-state index contributed by atoms with van der Waals surface area (Å²) in [4.78, 5) is 19.1. The second-order valence-corrected chi connectivity index (χ2v) is 3.65. The highest BCUT2D eigenvalue weighted by Gasteiger charge is 2.01. The molecule has 0 aliphatic carbocycles. The number of anilines is 1. The molecule has 5 heteroatoms. The molecule has 0 aliphatic heterocycles. The molecule has 0 saturated carbocycles. The van der Waals surface area contributed by atoms with Crippen molar-refractivity contribution in [2.45, 2.75) is 6.92 Å².